The monoisotopic (exact) mass is 373 g/mol. The van der Waals surface area contributed by atoms with Crippen molar-refractivity contribution in [3.05, 3.63) is 75.0 Å². The van der Waals surface area contributed by atoms with Crippen molar-refractivity contribution in [2.75, 3.05) is 5.43 Å². The fourth-order valence-corrected chi connectivity index (χ4v) is 3.14. The number of aromatic nitrogens is 1. The average Bonchev–Trinajstić information content (AvgIpc) is 2.63. The lowest BCUT2D eigenvalue weighted by Crippen LogP contribution is -2.32. The third-order valence-electron chi connectivity index (χ3n) is 4.46. The smallest absolute Gasteiger partial charge is 0.297 e. The Hall–Kier alpha value is -3.01. The summed E-state index contributed by atoms with van der Waals surface area (Å²) in [6.45, 7) is 8.92. The van der Waals surface area contributed by atoms with E-state index in [0.29, 0.717) is 12.0 Å². The summed E-state index contributed by atoms with van der Waals surface area (Å²) in [5.74, 6) is 0. The van der Waals surface area contributed by atoms with Crippen molar-refractivity contribution < 1.29 is 13.2 Å². The minimum Gasteiger partial charge on any atom is -0.297 e. The van der Waals surface area contributed by atoms with Gasteiger partial charge in [0.1, 0.15) is 0 Å². The van der Waals surface area contributed by atoms with Crippen molar-refractivity contribution in [2.45, 2.75) is 38.8 Å². The van der Waals surface area contributed by atoms with Gasteiger partial charge < -0.3 is 0 Å². The molecule has 0 amide bonds. The molecule has 0 unspecified atom stereocenters. The number of pyridine rings is 1. The van der Waals surface area contributed by atoms with Crippen molar-refractivity contribution in [3.63, 3.8) is 0 Å². The van der Waals surface area contributed by atoms with Crippen LogP contribution in [0.3, 0.4) is 0 Å². The van der Waals surface area contributed by atoms with E-state index in [1.165, 1.54) is 0 Å². The molecule has 0 atom stereocenters. The molecule has 140 valence electrons. The van der Waals surface area contributed by atoms with Gasteiger partial charge in [-0.15, -0.1) is 0 Å². The number of hydrogen-bond acceptors (Lipinski definition) is 2. The Bertz CT molecular complexity index is 997. The fraction of sp³-hybridized carbons (Fsp3) is 0.300. The molecule has 1 aliphatic carbocycles. The maximum atomic E-state index is 13.5. The van der Waals surface area contributed by atoms with Crippen LogP contribution in [0.4, 0.5) is 18.9 Å². The zero-order valence-electron chi connectivity index (χ0n) is 14.7. The molecule has 0 saturated heterocycles. The van der Waals surface area contributed by atoms with E-state index in [2.05, 4.69) is 10.3 Å². The summed E-state index contributed by atoms with van der Waals surface area (Å²) in [6.07, 6.45) is 0.655. The van der Waals surface area contributed by atoms with Crippen LogP contribution in [0.25, 0.3) is 16.1 Å². The molecular weight excluding hydrogens is 355 g/mol. The van der Waals surface area contributed by atoms with Crippen LogP contribution in [0, 0.1) is 13.5 Å². The van der Waals surface area contributed by atoms with Crippen LogP contribution in [0.5, 0.6) is 0 Å². The summed E-state index contributed by atoms with van der Waals surface area (Å²) >= 11 is 0. The lowest BCUT2D eigenvalue weighted by Gasteiger charge is -2.22. The lowest BCUT2D eigenvalue weighted by molar-refractivity contribution is -0.136. The van der Waals surface area contributed by atoms with E-state index in [1.807, 2.05) is 19.1 Å². The summed E-state index contributed by atoms with van der Waals surface area (Å²) in [4.78, 5) is 15.7. The second-order valence-electron chi connectivity index (χ2n) is 6.50. The zero-order valence-corrected chi connectivity index (χ0v) is 14.7. The minimum absolute atomic E-state index is 0.0786. The van der Waals surface area contributed by atoms with E-state index < -0.39 is 23.0 Å². The van der Waals surface area contributed by atoms with Crippen molar-refractivity contribution >= 4 is 5.69 Å². The summed E-state index contributed by atoms with van der Waals surface area (Å²) in [5, 5.41) is 0. The number of allylic oxidation sites excluding steroid dienone is 2. The Morgan fingerprint density at radius 2 is 2.00 bits per heavy atom. The quantitative estimate of drug-likeness (QED) is 0.732. The molecule has 4 nitrogen and oxygen atoms in total. The summed E-state index contributed by atoms with van der Waals surface area (Å²) in [7, 11) is 0. The first-order chi connectivity index (χ1) is 12.8. The first-order valence-electron chi connectivity index (χ1n) is 8.59. The van der Waals surface area contributed by atoms with Gasteiger partial charge in [0.15, 0.2) is 0 Å². The molecular formula is C20H18F3N3O. The van der Waals surface area contributed by atoms with Crippen LogP contribution in [0.2, 0.25) is 0 Å². The van der Waals surface area contributed by atoms with Gasteiger partial charge >= 0.3 is 6.18 Å². The summed E-state index contributed by atoms with van der Waals surface area (Å²) in [6, 6.07) is 7.77. The maximum Gasteiger partial charge on any atom is 0.407 e. The van der Waals surface area contributed by atoms with Crippen LogP contribution in [-0.4, -0.2) is 4.68 Å². The number of nitrogens with zero attached hydrogens (tertiary/aromatic N) is 2. The standard InChI is InChI=1S/C20H18F3N3O/c1-13-7-6-8-14(11-13)17-12-16(20(21,22)23)18(24-2)19(27)26(17)25-15-9-4-3-5-10-15/h6-9,11-12,25H,3-5,10H2,1H3. The van der Waals surface area contributed by atoms with Crippen molar-refractivity contribution in [1.82, 2.24) is 4.68 Å². The van der Waals surface area contributed by atoms with E-state index >= 15 is 0 Å². The molecule has 1 aromatic heterocycles. The first kappa shape index (κ1) is 18.8. The van der Waals surface area contributed by atoms with Crippen molar-refractivity contribution in [2.24, 2.45) is 0 Å². The number of benzene rings is 1. The molecule has 0 fully saturated rings. The Balaban J connectivity index is 2.27. The van der Waals surface area contributed by atoms with Gasteiger partial charge in [0, 0.05) is 11.3 Å². The van der Waals surface area contributed by atoms with Gasteiger partial charge in [0.05, 0.1) is 17.8 Å². The van der Waals surface area contributed by atoms with Crippen LogP contribution >= 0.6 is 0 Å². The highest BCUT2D eigenvalue weighted by atomic mass is 19.4. The Kier molecular flexibility index (Phi) is 5.08. The molecule has 1 N–H and O–H groups in total. The average molecular weight is 373 g/mol. The molecule has 0 bridgehead atoms. The Morgan fingerprint density at radius 1 is 1.22 bits per heavy atom. The van der Waals surface area contributed by atoms with E-state index in [9.17, 15) is 18.0 Å². The predicted octanol–water partition coefficient (Wildman–Crippen LogP) is 5.39. The minimum atomic E-state index is -4.79. The van der Waals surface area contributed by atoms with Gasteiger partial charge in [-0.2, -0.15) is 13.2 Å². The summed E-state index contributed by atoms with van der Waals surface area (Å²) in [5.41, 5.74) is 1.98. The van der Waals surface area contributed by atoms with E-state index in [-0.39, 0.29) is 5.69 Å². The summed E-state index contributed by atoms with van der Waals surface area (Å²) < 4.78 is 41.4. The molecule has 0 radical (unpaired) electrons. The zero-order chi connectivity index (χ0) is 19.6. The predicted molar refractivity (Wildman–Crippen MR) is 98.1 cm³/mol. The van der Waals surface area contributed by atoms with Gasteiger partial charge in [0.25, 0.3) is 11.2 Å². The maximum absolute atomic E-state index is 13.5. The van der Waals surface area contributed by atoms with E-state index in [0.717, 1.165) is 41.3 Å². The molecule has 1 aliphatic rings. The van der Waals surface area contributed by atoms with Gasteiger partial charge in [-0.25, -0.2) is 9.52 Å². The van der Waals surface area contributed by atoms with Crippen LogP contribution < -0.4 is 11.0 Å². The third kappa shape index (κ3) is 3.90. The highest BCUT2D eigenvalue weighted by Crippen LogP contribution is 2.37. The highest BCUT2D eigenvalue weighted by Gasteiger charge is 2.36. The van der Waals surface area contributed by atoms with Crippen LogP contribution in [-0.2, 0) is 6.18 Å². The number of aryl methyl sites for hydroxylation is 1. The van der Waals surface area contributed by atoms with Crippen LogP contribution in [0.1, 0.15) is 36.8 Å². The molecule has 27 heavy (non-hydrogen) atoms. The molecule has 0 saturated carbocycles. The van der Waals surface area contributed by atoms with E-state index in [4.69, 9.17) is 6.57 Å². The first-order valence-corrected chi connectivity index (χ1v) is 8.59. The Labute approximate surface area is 154 Å². The molecule has 0 aliphatic heterocycles. The van der Waals surface area contributed by atoms with Crippen molar-refractivity contribution in [3.8, 4) is 11.3 Å². The molecule has 0 spiro atoms. The fourth-order valence-electron chi connectivity index (χ4n) is 3.14. The number of rotatable bonds is 3. The molecule has 1 aromatic carbocycles. The highest BCUT2D eigenvalue weighted by molar-refractivity contribution is 5.67. The molecule has 2 aromatic rings. The molecule has 7 heteroatoms. The topological polar surface area (TPSA) is 38.4 Å². The van der Waals surface area contributed by atoms with Crippen molar-refractivity contribution in [1.29, 1.82) is 0 Å². The lowest BCUT2D eigenvalue weighted by atomic mass is 10.0. The Morgan fingerprint density at radius 3 is 2.59 bits per heavy atom. The van der Waals surface area contributed by atoms with Gasteiger partial charge in [-0.05, 0) is 44.7 Å². The number of hydrogen-bond donors (Lipinski definition) is 1. The normalized spacial score (nSPS) is 14.4. The van der Waals surface area contributed by atoms with Crippen LogP contribution in [0.15, 0.2) is 46.9 Å². The van der Waals surface area contributed by atoms with Gasteiger partial charge in [-0.1, -0.05) is 29.8 Å². The van der Waals surface area contributed by atoms with Gasteiger partial charge in [0.2, 0.25) is 0 Å². The number of halogens is 3. The number of nitrogens with one attached hydrogen (secondary N) is 1. The SMILES string of the molecule is [C-]#[N+]c1c(C(F)(F)F)cc(-c2cccc(C)c2)n(NC2=CCCCC2)c1=O. The molecule has 1 heterocycles. The largest absolute Gasteiger partial charge is 0.407 e. The van der Waals surface area contributed by atoms with Gasteiger partial charge in [-0.3, -0.25) is 10.2 Å². The second kappa shape index (κ2) is 7.31. The third-order valence-corrected chi connectivity index (χ3v) is 4.46. The second-order valence-corrected chi connectivity index (χ2v) is 6.50. The number of alkyl halides is 3. The van der Waals surface area contributed by atoms with E-state index in [1.54, 1.807) is 18.2 Å². The molecule has 3 rings (SSSR count).